The molecule has 1 aromatic rings. The van der Waals surface area contributed by atoms with Crippen LogP contribution in [0.4, 0.5) is 5.69 Å². The maximum absolute atomic E-state index is 8.72. The lowest BCUT2D eigenvalue weighted by molar-refractivity contribution is 0.540. The molecule has 16 heavy (non-hydrogen) atoms. The lowest BCUT2D eigenvalue weighted by Crippen LogP contribution is -2.17. The molecule has 2 nitrogen and oxygen atoms in total. The van der Waals surface area contributed by atoms with Crippen LogP contribution < -0.4 is 5.32 Å². The number of benzene rings is 1. The van der Waals surface area contributed by atoms with E-state index in [9.17, 15) is 0 Å². The van der Waals surface area contributed by atoms with Gasteiger partial charge in [-0.2, -0.15) is 5.26 Å². The van der Waals surface area contributed by atoms with Crippen molar-refractivity contribution in [3.8, 4) is 6.07 Å². The van der Waals surface area contributed by atoms with Gasteiger partial charge in [-0.3, -0.25) is 0 Å². The van der Waals surface area contributed by atoms with Crippen LogP contribution in [0.2, 0.25) is 5.02 Å². The molecule has 0 bridgehead atoms. The van der Waals surface area contributed by atoms with Crippen molar-refractivity contribution in [3.63, 3.8) is 0 Å². The van der Waals surface area contributed by atoms with E-state index in [2.05, 4.69) is 32.2 Å². The fraction of sp³-hybridized carbons (Fsp3) is 0.462. The average Bonchev–Trinajstić information content (AvgIpc) is 2.19. The Labute approximate surface area is 102 Å². The van der Waals surface area contributed by atoms with Gasteiger partial charge in [-0.15, -0.1) is 0 Å². The standard InChI is InChI=1S/C13H17ClN2/c1-9(2)6-10(3)16-13-5-4-11(8-15)7-12(13)14/h4-5,7,9-10,16H,6H2,1-3H3. The summed E-state index contributed by atoms with van der Waals surface area (Å²) in [5.41, 5.74) is 1.49. The van der Waals surface area contributed by atoms with Crippen molar-refractivity contribution in [2.45, 2.75) is 33.2 Å². The summed E-state index contributed by atoms with van der Waals surface area (Å²) in [6.07, 6.45) is 1.09. The highest BCUT2D eigenvalue weighted by Crippen LogP contribution is 2.24. The van der Waals surface area contributed by atoms with Gasteiger partial charge in [0.15, 0.2) is 0 Å². The van der Waals surface area contributed by atoms with Gasteiger partial charge >= 0.3 is 0 Å². The second kappa shape index (κ2) is 5.77. The largest absolute Gasteiger partial charge is 0.381 e. The smallest absolute Gasteiger partial charge is 0.0992 e. The Morgan fingerprint density at radius 1 is 1.38 bits per heavy atom. The number of nitrogens with one attached hydrogen (secondary N) is 1. The molecule has 0 aliphatic carbocycles. The first kappa shape index (κ1) is 12.9. The summed E-state index contributed by atoms with van der Waals surface area (Å²) in [6, 6.07) is 7.77. The molecule has 0 amide bonds. The van der Waals surface area contributed by atoms with Gasteiger partial charge in [0.25, 0.3) is 0 Å². The highest BCUT2D eigenvalue weighted by molar-refractivity contribution is 6.33. The average molecular weight is 237 g/mol. The van der Waals surface area contributed by atoms with E-state index in [1.807, 2.05) is 6.07 Å². The van der Waals surface area contributed by atoms with Crippen LogP contribution in [-0.2, 0) is 0 Å². The summed E-state index contributed by atoms with van der Waals surface area (Å²) in [5.74, 6) is 0.652. The highest BCUT2D eigenvalue weighted by Gasteiger charge is 2.07. The Hall–Kier alpha value is -1.20. The molecule has 0 heterocycles. The van der Waals surface area contributed by atoms with Crippen LogP contribution >= 0.6 is 11.6 Å². The number of nitriles is 1. The predicted molar refractivity (Wildman–Crippen MR) is 68.7 cm³/mol. The van der Waals surface area contributed by atoms with E-state index >= 15 is 0 Å². The summed E-state index contributed by atoms with van der Waals surface area (Å²) in [5, 5.41) is 12.7. The number of nitrogens with zero attached hydrogens (tertiary/aromatic N) is 1. The Bertz CT molecular complexity index is 393. The topological polar surface area (TPSA) is 35.8 Å². The van der Waals surface area contributed by atoms with Gasteiger partial charge in [-0.05, 0) is 37.5 Å². The third kappa shape index (κ3) is 3.75. The van der Waals surface area contributed by atoms with Gasteiger partial charge in [0, 0.05) is 6.04 Å². The first-order chi connectivity index (χ1) is 7.52. The molecule has 1 N–H and O–H groups in total. The number of halogens is 1. The summed E-state index contributed by atoms with van der Waals surface area (Å²) in [7, 11) is 0. The zero-order chi connectivity index (χ0) is 12.1. The van der Waals surface area contributed by atoms with E-state index < -0.39 is 0 Å². The molecular formula is C13H17ClN2. The normalized spacial score (nSPS) is 12.2. The molecule has 0 saturated carbocycles. The van der Waals surface area contributed by atoms with Gasteiger partial charge in [0.2, 0.25) is 0 Å². The number of anilines is 1. The second-order valence-electron chi connectivity index (χ2n) is 4.48. The van der Waals surface area contributed by atoms with Gasteiger partial charge in [0.1, 0.15) is 0 Å². The van der Waals surface area contributed by atoms with E-state index in [0.717, 1.165) is 12.1 Å². The fourth-order valence-corrected chi connectivity index (χ4v) is 1.97. The highest BCUT2D eigenvalue weighted by atomic mass is 35.5. The third-order valence-electron chi connectivity index (χ3n) is 2.33. The Balaban J connectivity index is 2.71. The van der Waals surface area contributed by atoms with Crippen molar-refractivity contribution >= 4 is 17.3 Å². The molecule has 0 saturated heterocycles. The number of rotatable bonds is 4. The lowest BCUT2D eigenvalue weighted by Gasteiger charge is -2.18. The van der Waals surface area contributed by atoms with E-state index in [-0.39, 0.29) is 0 Å². The summed E-state index contributed by atoms with van der Waals surface area (Å²) in [6.45, 7) is 6.52. The van der Waals surface area contributed by atoms with Gasteiger partial charge < -0.3 is 5.32 Å². The first-order valence-corrected chi connectivity index (χ1v) is 5.87. The molecule has 86 valence electrons. The number of hydrogen-bond donors (Lipinski definition) is 1. The van der Waals surface area contributed by atoms with Gasteiger partial charge in [-0.1, -0.05) is 25.4 Å². The predicted octanol–water partition coefficient (Wildman–Crippen LogP) is 4.06. The summed E-state index contributed by atoms with van der Waals surface area (Å²) < 4.78 is 0. The van der Waals surface area contributed by atoms with E-state index in [1.165, 1.54) is 0 Å². The van der Waals surface area contributed by atoms with Crippen molar-refractivity contribution in [1.29, 1.82) is 5.26 Å². The van der Waals surface area contributed by atoms with Crippen LogP contribution in [0.25, 0.3) is 0 Å². The Kier molecular flexibility index (Phi) is 4.64. The van der Waals surface area contributed by atoms with Crippen molar-refractivity contribution in [2.24, 2.45) is 5.92 Å². The van der Waals surface area contributed by atoms with Crippen LogP contribution in [0.1, 0.15) is 32.8 Å². The second-order valence-corrected chi connectivity index (χ2v) is 4.89. The van der Waals surface area contributed by atoms with Crippen LogP contribution in [0.15, 0.2) is 18.2 Å². The Morgan fingerprint density at radius 2 is 2.06 bits per heavy atom. The molecule has 0 aliphatic rings. The molecule has 1 aromatic carbocycles. The van der Waals surface area contributed by atoms with Crippen LogP contribution in [0, 0.1) is 17.2 Å². The summed E-state index contributed by atoms with van der Waals surface area (Å²) >= 11 is 6.08. The first-order valence-electron chi connectivity index (χ1n) is 5.49. The van der Waals surface area contributed by atoms with Crippen molar-refractivity contribution in [2.75, 3.05) is 5.32 Å². The molecule has 1 atom stereocenters. The fourth-order valence-electron chi connectivity index (χ4n) is 1.73. The van der Waals surface area contributed by atoms with Crippen LogP contribution in [0.5, 0.6) is 0 Å². The molecule has 0 spiro atoms. The molecule has 1 unspecified atom stereocenters. The minimum absolute atomic E-state index is 0.380. The molecule has 1 rings (SSSR count). The van der Waals surface area contributed by atoms with Gasteiger partial charge in [-0.25, -0.2) is 0 Å². The maximum atomic E-state index is 8.72. The molecule has 0 fully saturated rings. The minimum atomic E-state index is 0.380. The third-order valence-corrected chi connectivity index (χ3v) is 2.64. The molecule has 3 heteroatoms. The van der Waals surface area contributed by atoms with Crippen LogP contribution in [-0.4, -0.2) is 6.04 Å². The maximum Gasteiger partial charge on any atom is 0.0992 e. The minimum Gasteiger partial charge on any atom is -0.381 e. The van der Waals surface area contributed by atoms with Crippen molar-refractivity contribution in [3.05, 3.63) is 28.8 Å². The number of hydrogen-bond acceptors (Lipinski definition) is 2. The zero-order valence-electron chi connectivity index (χ0n) is 9.92. The lowest BCUT2D eigenvalue weighted by atomic mass is 10.0. The van der Waals surface area contributed by atoms with Crippen molar-refractivity contribution in [1.82, 2.24) is 0 Å². The molecule has 0 aliphatic heterocycles. The van der Waals surface area contributed by atoms with E-state index in [1.54, 1.807) is 12.1 Å². The SMILES string of the molecule is CC(C)CC(C)Nc1ccc(C#N)cc1Cl. The molecule has 0 radical (unpaired) electrons. The van der Waals surface area contributed by atoms with Gasteiger partial charge in [0.05, 0.1) is 22.3 Å². The van der Waals surface area contributed by atoms with Crippen LogP contribution in [0.3, 0.4) is 0 Å². The monoisotopic (exact) mass is 236 g/mol. The Morgan fingerprint density at radius 3 is 2.56 bits per heavy atom. The van der Waals surface area contributed by atoms with Crippen molar-refractivity contribution < 1.29 is 0 Å². The molecular weight excluding hydrogens is 220 g/mol. The molecule has 0 aromatic heterocycles. The zero-order valence-corrected chi connectivity index (χ0v) is 10.7. The quantitative estimate of drug-likeness (QED) is 0.856. The van der Waals surface area contributed by atoms with E-state index in [0.29, 0.717) is 22.5 Å². The summed E-state index contributed by atoms with van der Waals surface area (Å²) in [4.78, 5) is 0. The van der Waals surface area contributed by atoms with E-state index in [4.69, 9.17) is 16.9 Å².